The summed E-state index contributed by atoms with van der Waals surface area (Å²) >= 11 is 5.77. The van der Waals surface area contributed by atoms with E-state index >= 15 is 0 Å². The highest BCUT2D eigenvalue weighted by atomic mass is 35.5. The zero-order chi connectivity index (χ0) is 30.8. The summed E-state index contributed by atoms with van der Waals surface area (Å²) in [5.41, 5.74) is 0.675. The molecule has 11 heteroatoms. The summed E-state index contributed by atoms with van der Waals surface area (Å²) in [5.74, 6) is -5.77. The van der Waals surface area contributed by atoms with Gasteiger partial charge in [-0.2, -0.15) is 8.78 Å². The number of nitrogens with zero attached hydrogens (tertiary/aromatic N) is 2. The number of hydrogen-bond acceptors (Lipinski definition) is 6. The Morgan fingerprint density at radius 3 is 2.50 bits per heavy atom. The van der Waals surface area contributed by atoms with Gasteiger partial charge in [-0.05, 0) is 62.6 Å². The third-order valence-electron chi connectivity index (χ3n) is 8.30. The average molecular weight is 602 g/mol. The molecule has 1 N–H and O–H groups in total. The van der Waals surface area contributed by atoms with Gasteiger partial charge in [0.2, 0.25) is 11.7 Å². The third-order valence-corrected chi connectivity index (χ3v) is 8.55. The maximum Gasteiger partial charge on any atom is 0.330 e. The number of imide groups is 1. The van der Waals surface area contributed by atoms with E-state index in [0.29, 0.717) is 33.9 Å². The standard InChI is InChI=1S/C31H34ClF2N3O5/c1-5-30(3,35-4)19(2)42-18-37-27(39)15-13-25(29(37)41)36-17-21-16-20(6-12-24(21)28(36)40)7-14-26(38)31(33,34)22-8-10-23(32)11-9-22/h6,8-12,16,25,35H,2,5,7,13-15,17-18H2,1,3-4H3. The first-order valence-corrected chi connectivity index (χ1v) is 14.2. The molecule has 42 heavy (non-hydrogen) atoms. The molecule has 2 aromatic carbocycles. The first kappa shape index (κ1) is 31.3. The summed E-state index contributed by atoms with van der Waals surface area (Å²) in [5, 5.41) is 3.41. The van der Waals surface area contributed by atoms with E-state index < -0.39 is 47.1 Å². The Morgan fingerprint density at radius 2 is 1.86 bits per heavy atom. The summed E-state index contributed by atoms with van der Waals surface area (Å²) in [4.78, 5) is 54.1. The number of likely N-dealkylation sites (tertiary alicyclic amines) is 1. The van der Waals surface area contributed by atoms with Crippen LogP contribution in [-0.4, -0.2) is 58.7 Å². The highest BCUT2D eigenvalue weighted by molar-refractivity contribution is 6.30. The van der Waals surface area contributed by atoms with E-state index in [1.807, 2.05) is 13.8 Å². The van der Waals surface area contributed by atoms with Crippen LogP contribution >= 0.6 is 11.6 Å². The van der Waals surface area contributed by atoms with Gasteiger partial charge in [-0.3, -0.25) is 19.2 Å². The first-order chi connectivity index (χ1) is 19.8. The van der Waals surface area contributed by atoms with Crippen LogP contribution in [0.1, 0.15) is 66.6 Å². The van der Waals surface area contributed by atoms with Crippen LogP contribution in [0.25, 0.3) is 0 Å². The number of fused-ring (bicyclic) bond motifs is 1. The number of carbonyl (C=O) groups is 4. The maximum absolute atomic E-state index is 14.7. The van der Waals surface area contributed by atoms with Gasteiger partial charge in [0, 0.05) is 35.5 Å². The van der Waals surface area contributed by atoms with Gasteiger partial charge in [0.1, 0.15) is 11.8 Å². The quantitative estimate of drug-likeness (QED) is 0.272. The lowest BCUT2D eigenvalue weighted by atomic mass is 9.97. The van der Waals surface area contributed by atoms with E-state index in [1.165, 1.54) is 17.0 Å². The SMILES string of the molecule is C=C(OCN1C(=O)CCC(N2Cc3cc(CCC(=O)C(F)(F)c4ccc(Cl)cc4)ccc3C2=O)C1=O)C(C)(CC)NC. The van der Waals surface area contributed by atoms with Crippen molar-refractivity contribution in [1.29, 1.82) is 0 Å². The zero-order valence-corrected chi connectivity index (χ0v) is 24.6. The lowest BCUT2D eigenvalue weighted by Crippen LogP contribution is -2.55. The topological polar surface area (TPSA) is 96.0 Å². The number of likely N-dealkylation sites (N-methyl/N-ethyl adjacent to an activating group) is 1. The van der Waals surface area contributed by atoms with Crippen LogP contribution in [0.4, 0.5) is 8.78 Å². The fourth-order valence-corrected chi connectivity index (χ4v) is 5.23. The van der Waals surface area contributed by atoms with Gasteiger partial charge in [0.05, 0.1) is 5.54 Å². The Labute approximate surface area is 248 Å². The monoisotopic (exact) mass is 601 g/mol. The summed E-state index contributed by atoms with van der Waals surface area (Å²) in [6.07, 6.45) is 0.574. The van der Waals surface area contributed by atoms with Crippen molar-refractivity contribution in [2.75, 3.05) is 13.8 Å². The second-order valence-electron chi connectivity index (χ2n) is 10.8. The van der Waals surface area contributed by atoms with Crippen molar-refractivity contribution in [3.8, 4) is 0 Å². The summed E-state index contributed by atoms with van der Waals surface area (Å²) in [6.45, 7) is 7.60. The second-order valence-corrected chi connectivity index (χ2v) is 11.2. The Balaban J connectivity index is 1.41. The van der Waals surface area contributed by atoms with Crippen molar-refractivity contribution in [2.24, 2.45) is 0 Å². The van der Waals surface area contributed by atoms with Crippen LogP contribution in [-0.2, 0) is 38.0 Å². The number of nitrogens with one attached hydrogen (secondary N) is 1. The molecule has 2 aliphatic heterocycles. The molecular weight excluding hydrogens is 568 g/mol. The number of aryl methyl sites for hydroxylation is 1. The molecule has 2 unspecified atom stereocenters. The van der Waals surface area contributed by atoms with Gasteiger partial charge in [0.25, 0.3) is 11.8 Å². The fourth-order valence-electron chi connectivity index (χ4n) is 5.10. The van der Waals surface area contributed by atoms with E-state index in [1.54, 1.807) is 25.2 Å². The van der Waals surface area contributed by atoms with Crippen molar-refractivity contribution in [2.45, 2.75) is 70.0 Å². The van der Waals surface area contributed by atoms with Crippen LogP contribution in [0.5, 0.6) is 0 Å². The van der Waals surface area contributed by atoms with Crippen LogP contribution < -0.4 is 5.32 Å². The van der Waals surface area contributed by atoms with E-state index in [4.69, 9.17) is 16.3 Å². The van der Waals surface area contributed by atoms with E-state index in [0.717, 1.165) is 17.0 Å². The van der Waals surface area contributed by atoms with Crippen LogP contribution in [0.2, 0.25) is 5.02 Å². The normalized spacial score (nSPS) is 18.6. The number of rotatable bonds is 12. The molecular formula is C31H34ClF2N3O5. The number of alkyl halides is 2. The largest absolute Gasteiger partial charge is 0.476 e. The molecule has 3 amide bonds. The predicted molar refractivity (Wildman–Crippen MR) is 153 cm³/mol. The fraction of sp³-hybridized carbons (Fsp3) is 0.419. The number of carbonyl (C=O) groups excluding carboxylic acids is 4. The van der Waals surface area contributed by atoms with Gasteiger partial charge >= 0.3 is 5.92 Å². The van der Waals surface area contributed by atoms with Crippen molar-refractivity contribution >= 4 is 35.1 Å². The zero-order valence-electron chi connectivity index (χ0n) is 23.8. The van der Waals surface area contributed by atoms with Crippen molar-refractivity contribution in [3.05, 3.63) is 82.1 Å². The Hall–Kier alpha value is -3.63. The molecule has 2 aromatic rings. The van der Waals surface area contributed by atoms with Crippen LogP contribution in [0.15, 0.2) is 54.8 Å². The number of hydrogen-bond donors (Lipinski definition) is 1. The molecule has 2 atom stereocenters. The molecule has 1 saturated heterocycles. The smallest absolute Gasteiger partial charge is 0.330 e. The summed E-state index contributed by atoms with van der Waals surface area (Å²) in [6, 6.07) is 8.93. The van der Waals surface area contributed by atoms with Crippen LogP contribution in [0, 0.1) is 0 Å². The van der Waals surface area contributed by atoms with Crippen molar-refractivity contribution in [3.63, 3.8) is 0 Å². The van der Waals surface area contributed by atoms with Gasteiger partial charge < -0.3 is 15.0 Å². The number of piperidine rings is 1. The molecule has 2 heterocycles. The molecule has 0 radical (unpaired) electrons. The highest BCUT2D eigenvalue weighted by Crippen LogP contribution is 2.33. The van der Waals surface area contributed by atoms with Gasteiger partial charge in [-0.25, -0.2) is 4.90 Å². The molecule has 224 valence electrons. The number of ether oxygens (including phenoxy) is 1. The number of amides is 3. The number of benzene rings is 2. The number of Topliss-reactive ketones (excluding diaryl/α,β-unsaturated/α-hetero) is 1. The predicted octanol–water partition coefficient (Wildman–Crippen LogP) is 4.98. The first-order valence-electron chi connectivity index (χ1n) is 13.8. The van der Waals surface area contributed by atoms with E-state index in [-0.39, 0.29) is 38.4 Å². The van der Waals surface area contributed by atoms with E-state index in [9.17, 15) is 28.0 Å². The van der Waals surface area contributed by atoms with Crippen molar-refractivity contribution in [1.82, 2.24) is 15.1 Å². The lowest BCUT2D eigenvalue weighted by molar-refractivity contribution is -0.157. The molecule has 0 bridgehead atoms. The molecule has 2 aliphatic rings. The molecule has 8 nitrogen and oxygen atoms in total. The van der Waals surface area contributed by atoms with Gasteiger partial charge in [0.15, 0.2) is 6.73 Å². The Bertz CT molecular complexity index is 1410. The van der Waals surface area contributed by atoms with Gasteiger partial charge in [-0.1, -0.05) is 49.4 Å². The Morgan fingerprint density at radius 1 is 1.17 bits per heavy atom. The van der Waals surface area contributed by atoms with E-state index in [2.05, 4.69) is 11.9 Å². The molecule has 0 spiro atoms. The number of halogens is 3. The molecule has 0 saturated carbocycles. The minimum atomic E-state index is -3.66. The third kappa shape index (κ3) is 6.10. The molecule has 1 fully saturated rings. The summed E-state index contributed by atoms with van der Waals surface area (Å²) in [7, 11) is 1.77. The molecule has 4 rings (SSSR count). The maximum atomic E-state index is 14.7. The lowest BCUT2D eigenvalue weighted by Gasteiger charge is -2.36. The summed E-state index contributed by atoms with van der Waals surface area (Å²) < 4.78 is 35.1. The van der Waals surface area contributed by atoms with Gasteiger partial charge in [-0.15, -0.1) is 0 Å². The highest BCUT2D eigenvalue weighted by Gasteiger charge is 2.43. The molecule has 0 aliphatic carbocycles. The minimum absolute atomic E-state index is 0.0542. The number of ketones is 1. The Kier molecular flexibility index (Phi) is 9.18. The van der Waals surface area contributed by atoms with Crippen molar-refractivity contribution < 1.29 is 32.7 Å². The average Bonchev–Trinajstić information content (AvgIpc) is 3.30. The second kappa shape index (κ2) is 12.3. The minimum Gasteiger partial charge on any atom is -0.476 e. The molecule has 0 aromatic heterocycles. The van der Waals surface area contributed by atoms with Crippen LogP contribution in [0.3, 0.4) is 0 Å².